The summed E-state index contributed by atoms with van der Waals surface area (Å²) < 4.78 is 2.21. The third-order valence-corrected chi connectivity index (χ3v) is 6.66. The van der Waals surface area contributed by atoms with Gasteiger partial charge >= 0.3 is 0 Å². The minimum atomic E-state index is -0.0736. The molecule has 2 aromatic heterocycles. The van der Waals surface area contributed by atoms with Crippen LogP contribution in [0.5, 0.6) is 0 Å². The zero-order valence-corrected chi connectivity index (χ0v) is 17.2. The number of amides is 1. The van der Waals surface area contributed by atoms with Crippen LogP contribution in [-0.4, -0.2) is 26.4 Å². The van der Waals surface area contributed by atoms with E-state index in [0.29, 0.717) is 11.1 Å². The van der Waals surface area contributed by atoms with Gasteiger partial charge in [-0.1, -0.05) is 35.5 Å². The maximum atomic E-state index is 12.4. The lowest BCUT2D eigenvalue weighted by molar-refractivity contribution is -0.113. The molecule has 0 spiro atoms. The Hall–Kier alpha value is -1.83. The first-order valence-corrected chi connectivity index (χ1v) is 11.0. The molecule has 3 aromatic rings. The maximum absolute atomic E-state index is 12.4. The quantitative estimate of drug-likeness (QED) is 0.551. The standard InChI is InChI=1S/C19H19ClN4OS2/c1-12-15(20)5-2-6-16(12)21-18(25)11-27-19-23-22-17(24(19)13-7-8-13)10-14-4-3-9-26-14/h2-6,9,13H,7-8,10-11H2,1H3,(H,21,25). The van der Waals surface area contributed by atoms with Crippen molar-refractivity contribution in [2.24, 2.45) is 0 Å². The summed E-state index contributed by atoms with van der Waals surface area (Å²) in [5.41, 5.74) is 1.62. The second kappa shape index (κ2) is 8.04. The average Bonchev–Trinajstić information content (AvgIpc) is 3.20. The highest BCUT2D eigenvalue weighted by molar-refractivity contribution is 7.99. The number of hydrogen-bond donors (Lipinski definition) is 1. The SMILES string of the molecule is Cc1c(Cl)cccc1NC(=O)CSc1nnc(Cc2cccs2)n1C1CC1. The van der Waals surface area contributed by atoms with Crippen molar-refractivity contribution in [1.82, 2.24) is 14.8 Å². The molecule has 4 rings (SSSR count). The molecule has 27 heavy (non-hydrogen) atoms. The lowest BCUT2D eigenvalue weighted by Gasteiger charge is -2.10. The van der Waals surface area contributed by atoms with Crippen molar-refractivity contribution in [2.45, 2.75) is 37.4 Å². The lowest BCUT2D eigenvalue weighted by atomic mass is 10.2. The Balaban J connectivity index is 1.43. The number of benzene rings is 1. The number of rotatable bonds is 7. The van der Waals surface area contributed by atoms with Crippen molar-refractivity contribution in [3.63, 3.8) is 0 Å². The zero-order chi connectivity index (χ0) is 18.8. The van der Waals surface area contributed by atoms with Gasteiger partial charge in [-0.05, 0) is 48.9 Å². The van der Waals surface area contributed by atoms with Gasteiger partial charge in [0, 0.05) is 28.0 Å². The van der Waals surface area contributed by atoms with Gasteiger partial charge in [0.25, 0.3) is 0 Å². The lowest BCUT2D eigenvalue weighted by Crippen LogP contribution is -2.15. The van der Waals surface area contributed by atoms with E-state index in [9.17, 15) is 4.79 Å². The van der Waals surface area contributed by atoms with Gasteiger partial charge in [0.2, 0.25) is 5.91 Å². The van der Waals surface area contributed by atoms with Crippen LogP contribution in [0.15, 0.2) is 40.9 Å². The van der Waals surface area contributed by atoms with Crippen molar-refractivity contribution in [3.05, 3.63) is 57.0 Å². The van der Waals surface area contributed by atoms with Gasteiger partial charge in [0.1, 0.15) is 5.82 Å². The fourth-order valence-electron chi connectivity index (χ4n) is 2.85. The molecule has 0 unspecified atom stereocenters. The van der Waals surface area contributed by atoms with Crippen LogP contribution in [0.25, 0.3) is 0 Å². The van der Waals surface area contributed by atoms with Crippen molar-refractivity contribution in [3.8, 4) is 0 Å². The van der Waals surface area contributed by atoms with Crippen molar-refractivity contribution in [2.75, 3.05) is 11.1 Å². The molecule has 1 fully saturated rings. The Bertz CT molecular complexity index is 951. The fraction of sp³-hybridized carbons (Fsp3) is 0.316. The summed E-state index contributed by atoms with van der Waals surface area (Å²) in [4.78, 5) is 13.7. The summed E-state index contributed by atoms with van der Waals surface area (Å²) in [6, 6.07) is 10.1. The van der Waals surface area contributed by atoms with Crippen LogP contribution < -0.4 is 5.32 Å². The summed E-state index contributed by atoms with van der Waals surface area (Å²) >= 11 is 9.28. The van der Waals surface area contributed by atoms with E-state index >= 15 is 0 Å². The molecule has 5 nitrogen and oxygen atoms in total. The molecule has 0 bridgehead atoms. The van der Waals surface area contributed by atoms with Gasteiger partial charge in [0.15, 0.2) is 5.16 Å². The maximum Gasteiger partial charge on any atom is 0.234 e. The van der Waals surface area contributed by atoms with Crippen LogP contribution in [0.4, 0.5) is 5.69 Å². The molecule has 1 saturated carbocycles. The van der Waals surface area contributed by atoms with E-state index in [4.69, 9.17) is 11.6 Å². The largest absolute Gasteiger partial charge is 0.325 e. The zero-order valence-electron chi connectivity index (χ0n) is 14.8. The highest BCUT2D eigenvalue weighted by Gasteiger charge is 2.30. The van der Waals surface area contributed by atoms with Crippen LogP contribution >= 0.6 is 34.7 Å². The van der Waals surface area contributed by atoms with Crippen LogP contribution in [0.3, 0.4) is 0 Å². The number of carbonyl (C=O) groups excluding carboxylic acids is 1. The van der Waals surface area contributed by atoms with E-state index in [-0.39, 0.29) is 11.7 Å². The molecular weight excluding hydrogens is 400 g/mol. The Morgan fingerprint density at radius 1 is 1.33 bits per heavy atom. The number of hydrogen-bond acceptors (Lipinski definition) is 5. The predicted molar refractivity (Wildman–Crippen MR) is 111 cm³/mol. The molecule has 1 aliphatic rings. The molecule has 0 radical (unpaired) electrons. The van der Waals surface area contributed by atoms with E-state index in [0.717, 1.165) is 41.5 Å². The van der Waals surface area contributed by atoms with Crippen molar-refractivity contribution in [1.29, 1.82) is 0 Å². The molecule has 1 aliphatic carbocycles. The molecule has 1 aromatic carbocycles. The Morgan fingerprint density at radius 2 is 2.19 bits per heavy atom. The molecular formula is C19H19ClN4OS2. The summed E-state index contributed by atoms with van der Waals surface area (Å²) in [6.45, 7) is 1.89. The van der Waals surface area contributed by atoms with E-state index in [1.54, 1.807) is 11.3 Å². The number of carbonyl (C=O) groups is 1. The van der Waals surface area contributed by atoms with Gasteiger partial charge in [0.05, 0.1) is 5.75 Å². The van der Waals surface area contributed by atoms with Gasteiger partial charge in [-0.3, -0.25) is 4.79 Å². The van der Waals surface area contributed by atoms with Gasteiger partial charge in [-0.2, -0.15) is 0 Å². The third-order valence-electron chi connectivity index (χ3n) is 4.43. The molecule has 2 heterocycles. The minimum absolute atomic E-state index is 0.0736. The van der Waals surface area contributed by atoms with E-state index in [1.165, 1.54) is 16.6 Å². The second-order valence-corrected chi connectivity index (χ2v) is 8.89. The number of thioether (sulfide) groups is 1. The minimum Gasteiger partial charge on any atom is -0.325 e. The van der Waals surface area contributed by atoms with Gasteiger partial charge in [-0.15, -0.1) is 21.5 Å². The smallest absolute Gasteiger partial charge is 0.234 e. The number of aromatic nitrogens is 3. The van der Waals surface area contributed by atoms with Crippen LogP contribution in [0, 0.1) is 6.92 Å². The molecule has 0 saturated heterocycles. The molecule has 1 amide bonds. The predicted octanol–water partition coefficient (Wildman–Crippen LogP) is 4.96. The Labute approximate surface area is 171 Å². The van der Waals surface area contributed by atoms with Crippen molar-refractivity contribution >= 4 is 46.3 Å². The molecule has 140 valence electrons. The molecule has 0 aliphatic heterocycles. The first-order chi connectivity index (χ1) is 13.1. The van der Waals surface area contributed by atoms with E-state index in [2.05, 4.69) is 37.6 Å². The first-order valence-electron chi connectivity index (χ1n) is 8.75. The number of anilines is 1. The molecule has 0 atom stereocenters. The summed E-state index contributed by atoms with van der Waals surface area (Å²) in [6.07, 6.45) is 3.09. The number of halogens is 1. The fourth-order valence-corrected chi connectivity index (χ4v) is 4.55. The summed E-state index contributed by atoms with van der Waals surface area (Å²) in [7, 11) is 0. The van der Waals surface area contributed by atoms with Crippen molar-refractivity contribution < 1.29 is 4.79 Å². The van der Waals surface area contributed by atoms with Crippen LogP contribution in [0.2, 0.25) is 5.02 Å². The highest BCUT2D eigenvalue weighted by atomic mass is 35.5. The Kier molecular flexibility index (Phi) is 5.52. The average molecular weight is 419 g/mol. The number of nitrogens with zero attached hydrogens (tertiary/aromatic N) is 3. The monoisotopic (exact) mass is 418 g/mol. The first kappa shape index (κ1) is 18.5. The van der Waals surface area contributed by atoms with Crippen LogP contribution in [0.1, 0.15) is 35.1 Å². The highest BCUT2D eigenvalue weighted by Crippen LogP contribution is 2.39. The molecule has 8 heteroatoms. The molecule has 1 N–H and O–H groups in total. The topological polar surface area (TPSA) is 59.8 Å². The summed E-state index contributed by atoms with van der Waals surface area (Å²) in [5.74, 6) is 1.19. The third kappa shape index (κ3) is 4.36. The van der Waals surface area contributed by atoms with E-state index in [1.807, 2.05) is 25.1 Å². The van der Waals surface area contributed by atoms with Gasteiger partial charge < -0.3 is 9.88 Å². The summed E-state index contributed by atoms with van der Waals surface area (Å²) in [5, 5.41) is 15.2. The Morgan fingerprint density at radius 3 is 2.93 bits per heavy atom. The second-order valence-electron chi connectivity index (χ2n) is 6.51. The van der Waals surface area contributed by atoms with Crippen LogP contribution in [-0.2, 0) is 11.2 Å². The normalized spacial score (nSPS) is 13.7. The van der Waals surface area contributed by atoms with Gasteiger partial charge in [-0.25, -0.2) is 0 Å². The van der Waals surface area contributed by atoms with E-state index < -0.39 is 0 Å². The number of nitrogens with one attached hydrogen (secondary N) is 1. The number of thiophene rings is 1.